The first-order valence-electron chi connectivity index (χ1n) is 5.93. The molecule has 2 aromatic heterocycles. The van der Waals surface area contributed by atoms with Crippen molar-refractivity contribution in [1.82, 2.24) is 20.2 Å². The molecule has 96 valence electrons. The number of hydrogen-bond acceptors (Lipinski definition) is 4. The highest BCUT2D eigenvalue weighted by molar-refractivity contribution is 7.85. The van der Waals surface area contributed by atoms with Crippen LogP contribution in [-0.2, 0) is 10.8 Å². The van der Waals surface area contributed by atoms with Crippen LogP contribution in [0.2, 0.25) is 0 Å². The zero-order chi connectivity index (χ0) is 13.2. The minimum atomic E-state index is -0.959. The van der Waals surface area contributed by atoms with E-state index in [0.29, 0.717) is 5.75 Å². The first-order chi connectivity index (χ1) is 9.28. The first kappa shape index (κ1) is 12.0. The lowest BCUT2D eigenvalue weighted by Crippen LogP contribution is -1.94. The number of hydrogen-bond donors (Lipinski definition) is 1. The van der Waals surface area contributed by atoms with E-state index in [0.717, 1.165) is 27.3 Å². The summed E-state index contributed by atoms with van der Waals surface area (Å²) in [5.41, 5.74) is 2.52. The third kappa shape index (κ3) is 2.26. The van der Waals surface area contributed by atoms with Crippen molar-refractivity contribution in [2.45, 2.75) is 11.8 Å². The maximum Gasteiger partial charge on any atom is 0.138 e. The second-order valence-corrected chi connectivity index (χ2v) is 5.78. The Morgan fingerprint density at radius 2 is 2.11 bits per heavy atom. The van der Waals surface area contributed by atoms with E-state index in [2.05, 4.69) is 20.2 Å². The number of H-pyrrole nitrogens is 1. The fourth-order valence-electron chi connectivity index (χ4n) is 1.86. The summed E-state index contributed by atoms with van der Waals surface area (Å²) in [4.78, 5) is 8.45. The zero-order valence-corrected chi connectivity index (χ0v) is 11.1. The van der Waals surface area contributed by atoms with Crippen LogP contribution in [0.5, 0.6) is 0 Å². The Morgan fingerprint density at radius 3 is 2.89 bits per heavy atom. The number of nitrogens with zero attached hydrogens (tertiary/aromatic N) is 3. The summed E-state index contributed by atoms with van der Waals surface area (Å²) >= 11 is 0. The zero-order valence-electron chi connectivity index (χ0n) is 10.3. The number of fused-ring (bicyclic) bond motifs is 1. The highest BCUT2D eigenvalue weighted by Crippen LogP contribution is 2.21. The minimum absolute atomic E-state index is 0.609. The van der Waals surface area contributed by atoms with E-state index in [1.54, 1.807) is 12.4 Å². The Bertz CT molecular complexity index is 720. The van der Waals surface area contributed by atoms with Gasteiger partial charge in [0.15, 0.2) is 0 Å². The largest absolute Gasteiger partial charge is 0.337 e. The van der Waals surface area contributed by atoms with Gasteiger partial charge in [0.25, 0.3) is 0 Å². The lowest BCUT2D eigenvalue weighted by Gasteiger charge is -2.01. The molecule has 0 spiro atoms. The molecule has 1 unspecified atom stereocenters. The van der Waals surface area contributed by atoms with Gasteiger partial charge in [-0.05, 0) is 12.1 Å². The average Bonchev–Trinajstić information content (AvgIpc) is 2.90. The van der Waals surface area contributed by atoms with Gasteiger partial charge >= 0.3 is 0 Å². The van der Waals surface area contributed by atoms with Crippen molar-refractivity contribution < 1.29 is 4.21 Å². The summed E-state index contributed by atoms with van der Waals surface area (Å²) in [6.45, 7) is 1.90. The van der Waals surface area contributed by atoms with Crippen molar-refractivity contribution in [2.75, 3.05) is 5.75 Å². The molecule has 0 amide bonds. The molecule has 2 heterocycles. The summed E-state index contributed by atoms with van der Waals surface area (Å²) in [6, 6.07) is 7.60. The van der Waals surface area contributed by atoms with Gasteiger partial charge in [0.1, 0.15) is 11.3 Å². The van der Waals surface area contributed by atoms with Gasteiger partial charge in [0.05, 0.1) is 28.7 Å². The molecule has 0 radical (unpaired) electrons. The Kier molecular flexibility index (Phi) is 3.08. The second kappa shape index (κ2) is 4.89. The molecule has 19 heavy (non-hydrogen) atoms. The number of imidazole rings is 1. The van der Waals surface area contributed by atoms with Crippen LogP contribution in [0.25, 0.3) is 22.4 Å². The SMILES string of the molecule is CCS(=O)c1cccc(-c2nc3cnncc3[nH]2)c1. The molecule has 3 rings (SSSR count). The Balaban J connectivity index is 2.08. The molecule has 5 nitrogen and oxygen atoms in total. The van der Waals surface area contributed by atoms with E-state index < -0.39 is 10.8 Å². The number of aromatic nitrogens is 4. The summed E-state index contributed by atoms with van der Waals surface area (Å²) in [5.74, 6) is 1.34. The molecule has 1 aromatic carbocycles. The number of nitrogens with one attached hydrogen (secondary N) is 1. The van der Waals surface area contributed by atoms with Crippen molar-refractivity contribution in [3.8, 4) is 11.4 Å². The molecule has 1 N–H and O–H groups in total. The Hall–Kier alpha value is -2.08. The highest BCUT2D eigenvalue weighted by atomic mass is 32.2. The molecule has 0 saturated heterocycles. The average molecular weight is 272 g/mol. The van der Waals surface area contributed by atoms with E-state index in [1.165, 1.54) is 0 Å². The molecule has 0 aliphatic carbocycles. The van der Waals surface area contributed by atoms with Crippen LogP contribution < -0.4 is 0 Å². The summed E-state index contributed by atoms with van der Waals surface area (Å²) < 4.78 is 11.8. The molecule has 1 atom stereocenters. The lowest BCUT2D eigenvalue weighted by atomic mass is 10.2. The third-order valence-electron chi connectivity index (χ3n) is 2.83. The summed E-state index contributed by atoms with van der Waals surface area (Å²) in [5, 5.41) is 7.61. The highest BCUT2D eigenvalue weighted by Gasteiger charge is 2.08. The summed E-state index contributed by atoms with van der Waals surface area (Å²) in [6.07, 6.45) is 3.25. The fourth-order valence-corrected chi connectivity index (χ4v) is 2.69. The van der Waals surface area contributed by atoms with Crippen molar-refractivity contribution >= 4 is 21.8 Å². The molecular weight excluding hydrogens is 260 g/mol. The van der Waals surface area contributed by atoms with Crippen LogP contribution in [0.1, 0.15) is 6.92 Å². The van der Waals surface area contributed by atoms with E-state index in [-0.39, 0.29) is 0 Å². The molecule has 3 aromatic rings. The molecule has 0 bridgehead atoms. The van der Waals surface area contributed by atoms with Gasteiger partial charge in [-0.3, -0.25) is 4.21 Å². The predicted molar refractivity (Wildman–Crippen MR) is 74.1 cm³/mol. The fraction of sp³-hybridized carbons (Fsp3) is 0.154. The van der Waals surface area contributed by atoms with Gasteiger partial charge in [-0.2, -0.15) is 10.2 Å². The second-order valence-electron chi connectivity index (χ2n) is 4.04. The van der Waals surface area contributed by atoms with Gasteiger partial charge < -0.3 is 4.98 Å². The maximum atomic E-state index is 11.8. The summed E-state index contributed by atoms with van der Waals surface area (Å²) in [7, 11) is -0.959. The van der Waals surface area contributed by atoms with Crippen molar-refractivity contribution in [2.24, 2.45) is 0 Å². The molecule has 0 aliphatic heterocycles. The van der Waals surface area contributed by atoms with Gasteiger partial charge in [-0.1, -0.05) is 19.1 Å². The number of benzene rings is 1. The number of aromatic amines is 1. The van der Waals surface area contributed by atoms with Crippen LogP contribution in [0, 0.1) is 0 Å². The van der Waals surface area contributed by atoms with Crippen molar-refractivity contribution in [3.05, 3.63) is 36.7 Å². The van der Waals surface area contributed by atoms with E-state index in [4.69, 9.17) is 0 Å². The van der Waals surface area contributed by atoms with Crippen molar-refractivity contribution in [3.63, 3.8) is 0 Å². The van der Waals surface area contributed by atoms with Gasteiger partial charge in [-0.15, -0.1) is 0 Å². The van der Waals surface area contributed by atoms with Gasteiger partial charge in [0, 0.05) is 16.2 Å². The lowest BCUT2D eigenvalue weighted by molar-refractivity contribution is 0.684. The Labute approximate surface area is 112 Å². The van der Waals surface area contributed by atoms with E-state index in [1.807, 2.05) is 31.2 Å². The standard InChI is InChI=1S/C13H12N4OS/c1-2-19(18)10-5-3-4-9(6-10)13-16-11-7-14-15-8-12(11)17-13/h3-8H,2H2,1H3,(H,16,17). The number of rotatable bonds is 3. The molecule has 6 heteroatoms. The quantitative estimate of drug-likeness (QED) is 0.793. The van der Waals surface area contributed by atoms with Crippen LogP contribution in [0.4, 0.5) is 0 Å². The smallest absolute Gasteiger partial charge is 0.138 e. The first-order valence-corrected chi connectivity index (χ1v) is 7.25. The minimum Gasteiger partial charge on any atom is -0.337 e. The normalized spacial score (nSPS) is 12.7. The molecule has 0 saturated carbocycles. The third-order valence-corrected chi connectivity index (χ3v) is 4.13. The van der Waals surface area contributed by atoms with Crippen LogP contribution in [0.3, 0.4) is 0 Å². The van der Waals surface area contributed by atoms with Crippen molar-refractivity contribution in [1.29, 1.82) is 0 Å². The van der Waals surface area contributed by atoms with Gasteiger partial charge in [0.2, 0.25) is 0 Å². The van der Waals surface area contributed by atoms with Crippen LogP contribution in [-0.4, -0.2) is 30.1 Å². The molecule has 0 aliphatic rings. The van der Waals surface area contributed by atoms with E-state index >= 15 is 0 Å². The maximum absolute atomic E-state index is 11.8. The molecular formula is C13H12N4OS. The Morgan fingerprint density at radius 1 is 1.26 bits per heavy atom. The van der Waals surface area contributed by atoms with Crippen LogP contribution in [0.15, 0.2) is 41.6 Å². The topological polar surface area (TPSA) is 71.5 Å². The van der Waals surface area contributed by atoms with Gasteiger partial charge in [-0.25, -0.2) is 4.98 Å². The molecule has 0 fully saturated rings. The predicted octanol–water partition coefficient (Wildman–Crippen LogP) is 2.15. The monoisotopic (exact) mass is 272 g/mol. The van der Waals surface area contributed by atoms with E-state index in [9.17, 15) is 4.21 Å². The van der Waals surface area contributed by atoms with Crippen LogP contribution >= 0.6 is 0 Å².